The minimum absolute atomic E-state index is 0.00557. The van der Waals surface area contributed by atoms with Crippen molar-refractivity contribution in [3.8, 4) is 0 Å². The largest absolute Gasteiger partial charge is 0.321 e. The Kier molecular flexibility index (Phi) is 5.68. The molecule has 1 amide bonds. The smallest absolute Gasteiger partial charge is 0.264 e. The van der Waals surface area contributed by atoms with Crippen LogP contribution in [-0.4, -0.2) is 20.4 Å². The van der Waals surface area contributed by atoms with E-state index < -0.39 is 15.8 Å². The Morgan fingerprint density at radius 3 is 2.52 bits per heavy atom. The number of halogens is 3. The van der Waals surface area contributed by atoms with Gasteiger partial charge in [-0.3, -0.25) is 9.10 Å². The summed E-state index contributed by atoms with van der Waals surface area (Å²) < 4.78 is 40.8. The number of carbonyl (C=O) groups excluding carboxylic acids is 1. The third-order valence-corrected chi connectivity index (χ3v) is 7.83. The second kappa shape index (κ2) is 8.15. The Morgan fingerprint density at radius 2 is 1.81 bits per heavy atom. The monoisotopic (exact) mass is 478 g/mol. The van der Waals surface area contributed by atoms with Crippen molar-refractivity contribution in [2.75, 3.05) is 9.62 Å². The van der Waals surface area contributed by atoms with E-state index in [1.807, 2.05) is 0 Å². The van der Waals surface area contributed by atoms with Crippen LogP contribution in [0, 0.1) is 5.82 Å². The summed E-state index contributed by atoms with van der Waals surface area (Å²) in [4.78, 5) is 12.7. The van der Waals surface area contributed by atoms with Gasteiger partial charge in [-0.05, 0) is 73.5 Å². The van der Waals surface area contributed by atoms with Gasteiger partial charge in [0.1, 0.15) is 5.82 Å². The number of sulfonamides is 1. The number of benzene rings is 3. The zero-order chi connectivity index (χ0) is 22.3. The Morgan fingerprint density at radius 1 is 1.10 bits per heavy atom. The number of rotatable bonds is 4. The van der Waals surface area contributed by atoms with E-state index in [1.165, 1.54) is 16.4 Å². The van der Waals surface area contributed by atoms with E-state index in [9.17, 15) is 17.6 Å². The third-order valence-electron chi connectivity index (χ3n) is 5.07. The minimum atomic E-state index is -3.88. The number of amides is 1. The molecule has 0 unspecified atom stereocenters. The molecule has 1 aliphatic rings. The SMILES string of the molecule is C[C@@H]1Cc2cc(C(=O)Nc3cccc(Cl)c3Cl)ccc2N1S(=O)(=O)c1ccc(F)cc1. The molecule has 5 nitrogen and oxygen atoms in total. The fraction of sp³-hybridized carbons (Fsp3) is 0.136. The molecule has 0 aliphatic carbocycles. The molecular formula is C22H17Cl2FN2O3S. The van der Waals surface area contributed by atoms with Crippen LogP contribution in [-0.2, 0) is 16.4 Å². The van der Waals surface area contributed by atoms with Crippen molar-refractivity contribution < 1.29 is 17.6 Å². The number of nitrogens with zero attached hydrogens (tertiary/aromatic N) is 1. The fourth-order valence-corrected chi connectivity index (χ4v) is 5.67. The average molecular weight is 479 g/mol. The zero-order valence-corrected chi connectivity index (χ0v) is 18.6. The lowest BCUT2D eigenvalue weighted by Gasteiger charge is -2.24. The van der Waals surface area contributed by atoms with Gasteiger partial charge in [-0.2, -0.15) is 0 Å². The highest BCUT2D eigenvalue weighted by Crippen LogP contribution is 2.37. The predicted molar refractivity (Wildman–Crippen MR) is 120 cm³/mol. The molecule has 1 atom stereocenters. The first-order valence-electron chi connectivity index (χ1n) is 9.37. The molecule has 0 saturated carbocycles. The van der Waals surface area contributed by atoms with Crippen LogP contribution in [0.1, 0.15) is 22.8 Å². The van der Waals surface area contributed by atoms with Gasteiger partial charge in [-0.15, -0.1) is 0 Å². The molecule has 1 N–H and O–H groups in total. The molecule has 0 spiro atoms. The standard InChI is InChI=1S/C22H17Cl2FN2O3S/c1-13-11-15-12-14(22(28)26-19-4-2-3-18(23)21(19)24)5-10-20(15)27(13)31(29,30)17-8-6-16(25)7-9-17/h2-10,12-13H,11H2,1H3,(H,26,28)/t13-/m1/s1. The first-order valence-corrected chi connectivity index (χ1v) is 11.6. The van der Waals surface area contributed by atoms with Crippen LogP contribution in [0.3, 0.4) is 0 Å². The minimum Gasteiger partial charge on any atom is -0.321 e. The number of fused-ring (bicyclic) bond motifs is 1. The molecule has 0 bridgehead atoms. The van der Waals surface area contributed by atoms with Crippen molar-refractivity contribution in [1.82, 2.24) is 0 Å². The van der Waals surface area contributed by atoms with Crippen molar-refractivity contribution in [2.24, 2.45) is 0 Å². The van der Waals surface area contributed by atoms with Gasteiger partial charge in [-0.1, -0.05) is 29.3 Å². The van der Waals surface area contributed by atoms with E-state index in [2.05, 4.69) is 5.32 Å². The third kappa shape index (κ3) is 4.01. The Bertz CT molecular complexity index is 1280. The maximum Gasteiger partial charge on any atom is 0.264 e. The summed E-state index contributed by atoms with van der Waals surface area (Å²) in [5, 5.41) is 3.28. The van der Waals surface area contributed by atoms with Gasteiger partial charge in [0.05, 0.1) is 26.3 Å². The lowest BCUT2D eigenvalue weighted by Crippen LogP contribution is -2.35. The summed E-state index contributed by atoms with van der Waals surface area (Å²) in [6, 6.07) is 14.1. The first kappa shape index (κ1) is 21.6. The second-order valence-corrected chi connectivity index (χ2v) is 9.81. The molecule has 160 valence electrons. The van der Waals surface area contributed by atoms with E-state index in [0.29, 0.717) is 28.4 Å². The van der Waals surface area contributed by atoms with Crippen molar-refractivity contribution in [3.05, 3.63) is 87.7 Å². The zero-order valence-electron chi connectivity index (χ0n) is 16.3. The van der Waals surface area contributed by atoms with Crippen LogP contribution in [0.2, 0.25) is 10.0 Å². The highest BCUT2D eigenvalue weighted by Gasteiger charge is 2.36. The highest BCUT2D eigenvalue weighted by molar-refractivity contribution is 7.92. The maximum atomic E-state index is 13.2. The molecule has 3 aromatic rings. The lowest BCUT2D eigenvalue weighted by molar-refractivity contribution is 0.102. The summed E-state index contributed by atoms with van der Waals surface area (Å²) in [6.45, 7) is 1.78. The van der Waals surface area contributed by atoms with E-state index in [1.54, 1.807) is 43.3 Å². The Labute approximate surface area is 189 Å². The number of nitrogens with one attached hydrogen (secondary N) is 1. The van der Waals surface area contributed by atoms with Gasteiger partial charge in [-0.25, -0.2) is 12.8 Å². The number of hydrogen-bond acceptors (Lipinski definition) is 3. The van der Waals surface area contributed by atoms with E-state index >= 15 is 0 Å². The van der Waals surface area contributed by atoms with E-state index in [4.69, 9.17) is 23.2 Å². The molecule has 1 heterocycles. The first-order chi connectivity index (χ1) is 14.7. The van der Waals surface area contributed by atoms with Crippen molar-refractivity contribution in [3.63, 3.8) is 0 Å². The average Bonchev–Trinajstić information content (AvgIpc) is 3.07. The molecular weight excluding hydrogens is 462 g/mol. The van der Waals surface area contributed by atoms with Crippen LogP contribution in [0.15, 0.2) is 65.6 Å². The summed E-state index contributed by atoms with van der Waals surface area (Å²) in [5.41, 5.74) is 1.97. The van der Waals surface area contributed by atoms with Gasteiger partial charge < -0.3 is 5.32 Å². The molecule has 0 radical (unpaired) electrons. The van der Waals surface area contributed by atoms with E-state index in [-0.39, 0.29) is 21.9 Å². The summed E-state index contributed by atoms with van der Waals surface area (Å²) in [6.07, 6.45) is 0.439. The van der Waals surface area contributed by atoms with Crippen LogP contribution in [0.4, 0.5) is 15.8 Å². The van der Waals surface area contributed by atoms with E-state index in [0.717, 1.165) is 17.7 Å². The molecule has 0 aromatic heterocycles. The normalized spacial score (nSPS) is 15.6. The van der Waals surface area contributed by atoms with Gasteiger partial charge in [0.15, 0.2) is 0 Å². The number of anilines is 2. The summed E-state index contributed by atoms with van der Waals surface area (Å²) in [7, 11) is -3.88. The van der Waals surface area contributed by atoms with Crippen LogP contribution < -0.4 is 9.62 Å². The summed E-state index contributed by atoms with van der Waals surface area (Å²) in [5.74, 6) is -0.899. The molecule has 4 rings (SSSR count). The van der Waals surface area contributed by atoms with Crippen molar-refractivity contribution in [1.29, 1.82) is 0 Å². The quantitative estimate of drug-likeness (QED) is 0.536. The molecule has 1 aliphatic heterocycles. The Balaban J connectivity index is 1.64. The van der Waals surface area contributed by atoms with Gasteiger partial charge in [0.25, 0.3) is 15.9 Å². The molecule has 31 heavy (non-hydrogen) atoms. The molecule has 3 aromatic carbocycles. The van der Waals surface area contributed by atoms with Crippen LogP contribution in [0.25, 0.3) is 0 Å². The van der Waals surface area contributed by atoms with Crippen LogP contribution in [0.5, 0.6) is 0 Å². The van der Waals surface area contributed by atoms with Gasteiger partial charge in [0.2, 0.25) is 0 Å². The Hall–Kier alpha value is -2.61. The van der Waals surface area contributed by atoms with Gasteiger partial charge >= 0.3 is 0 Å². The lowest BCUT2D eigenvalue weighted by atomic mass is 10.1. The number of hydrogen-bond donors (Lipinski definition) is 1. The number of carbonyl (C=O) groups is 1. The summed E-state index contributed by atoms with van der Waals surface area (Å²) >= 11 is 12.1. The topological polar surface area (TPSA) is 66.5 Å². The van der Waals surface area contributed by atoms with Crippen LogP contribution >= 0.6 is 23.2 Å². The predicted octanol–water partition coefficient (Wildman–Crippen LogP) is 5.52. The van der Waals surface area contributed by atoms with Crippen molar-refractivity contribution in [2.45, 2.75) is 24.3 Å². The molecule has 9 heteroatoms. The molecule has 0 saturated heterocycles. The fourth-order valence-electron chi connectivity index (χ4n) is 3.63. The highest BCUT2D eigenvalue weighted by atomic mass is 35.5. The van der Waals surface area contributed by atoms with Gasteiger partial charge in [0, 0.05) is 11.6 Å². The maximum absolute atomic E-state index is 13.2. The van der Waals surface area contributed by atoms with Crippen molar-refractivity contribution >= 4 is 50.5 Å². The second-order valence-electron chi connectivity index (χ2n) is 7.21. The molecule has 0 fully saturated rings.